The van der Waals surface area contributed by atoms with E-state index in [1.54, 1.807) is 18.2 Å². The first-order valence-electron chi connectivity index (χ1n) is 8.91. The van der Waals surface area contributed by atoms with E-state index >= 15 is 0 Å². The highest BCUT2D eigenvalue weighted by Crippen LogP contribution is 2.31. The summed E-state index contributed by atoms with van der Waals surface area (Å²) in [5, 5.41) is 0. The number of para-hydroxylation sites is 1. The van der Waals surface area contributed by atoms with Crippen molar-refractivity contribution in [1.29, 1.82) is 0 Å². The molecule has 0 fully saturated rings. The minimum Gasteiger partial charge on any atom is -0.480 e. The van der Waals surface area contributed by atoms with Crippen LogP contribution < -0.4 is 10.5 Å². The van der Waals surface area contributed by atoms with Crippen LogP contribution in [0.4, 0.5) is 5.69 Å². The maximum absolute atomic E-state index is 12.5. The van der Waals surface area contributed by atoms with Crippen molar-refractivity contribution < 1.29 is 14.3 Å². The van der Waals surface area contributed by atoms with Gasteiger partial charge in [-0.05, 0) is 49.2 Å². The van der Waals surface area contributed by atoms with Crippen LogP contribution in [0.5, 0.6) is 5.75 Å². The Balaban J connectivity index is 2.00. The Bertz CT molecular complexity index is 906. The van der Waals surface area contributed by atoms with Gasteiger partial charge in [-0.15, -0.1) is 0 Å². The summed E-state index contributed by atoms with van der Waals surface area (Å²) in [6.45, 7) is 3.64. The molecule has 27 heavy (non-hydrogen) atoms. The summed E-state index contributed by atoms with van der Waals surface area (Å²) >= 11 is 0. The Hall–Kier alpha value is -3.27. The van der Waals surface area contributed by atoms with Gasteiger partial charge in [0, 0.05) is 5.69 Å². The second-order valence-corrected chi connectivity index (χ2v) is 6.53. The van der Waals surface area contributed by atoms with Gasteiger partial charge in [0.1, 0.15) is 17.4 Å². The van der Waals surface area contributed by atoms with Crippen LogP contribution in [0.2, 0.25) is 0 Å². The Morgan fingerprint density at radius 2 is 1.52 bits per heavy atom. The molecule has 0 aromatic heterocycles. The van der Waals surface area contributed by atoms with Crippen molar-refractivity contribution in [3.8, 4) is 5.75 Å². The summed E-state index contributed by atoms with van der Waals surface area (Å²) in [7, 11) is 0. The number of benzene rings is 3. The van der Waals surface area contributed by atoms with E-state index in [4.69, 9.17) is 15.2 Å². The van der Waals surface area contributed by atoms with E-state index in [-0.39, 0.29) is 6.10 Å². The molecule has 1 unspecified atom stereocenters. The Morgan fingerprint density at radius 1 is 0.852 bits per heavy atom. The molecule has 0 heterocycles. The quantitative estimate of drug-likeness (QED) is 0.496. The van der Waals surface area contributed by atoms with Crippen LogP contribution >= 0.6 is 0 Å². The average molecular weight is 361 g/mol. The summed E-state index contributed by atoms with van der Waals surface area (Å²) in [6.07, 6.45) is -0.605. The van der Waals surface area contributed by atoms with Crippen LogP contribution in [0.25, 0.3) is 0 Å². The third kappa shape index (κ3) is 4.67. The number of anilines is 1. The number of hydrogen-bond donors (Lipinski definition) is 1. The van der Waals surface area contributed by atoms with E-state index in [0.717, 1.165) is 11.1 Å². The van der Waals surface area contributed by atoms with Gasteiger partial charge in [-0.3, -0.25) is 0 Å². The van der Waals surface area contributed by atoms with E-state index in [1.165, 1.54) is 0 Å². The Kier molecular flexibility index (Phi) is 5.77. The molecule has 4 nitrogen and oxygen atoms in total. The van der Waals surface area contributed by atoms with E-state index in [9.17, 15) is 4.79 Å². The number of rotatable bonds is 6. The highest BCUT2D eigenvalue weighted by Gasteiger charge is 2.21. The van der Waals surface area contributed by atoms with Crippen molar-refractivity contribution >= 4 is 11.7 Å². The standard InChI is InChI=1S/C23H23NO3/c1-16(2)26-23(25)20-13-6-7-14-21(20)27-22(17-9-4-3-5-10-17)18-11-8-12-19(24)15-18/h3-16,22H,24H2,1-2H3. The maximum Gasteiger partial charge on any atom is 0.342 e. The third-order valence-corrected chi connectivity index (χ3v) is 4.01. The lowest BCUT2D eigenvalue weighted by molar-refractivity contribution is 0.0372. The first-order valence-corrected chi connectivity index (χ1v) is 8.91. The fraction of sp³-hybridized carbons (Fsp3) is 0.174. The molecule has 0 aliphatic heterocycles. The first-order chi connectivity index (χ1) is 13.0. The van der Waals surface area contributed by atoms with Gasteiger partial charge in [0.15, 0.2) is 0 Å². The molecule has 0 amide bonds. The summed E-state index contributed by atoms with van der Waals surface area (Å²) in [5.74, 6) is 0.0689. The fourth-order valence-corrected chi connectivity index (χ4v) is 2.82. The van der Waals surface area contributed by atoms with E-state index < -0.39 is 12.1 Å². The van der Waals surface area contributed by atoms with Crippen LogP contribution in [-0.4, -0.2) is 12.1 Å². The van der Waals surface area contributed by atoms with Gasteiger partial charge in [0.25, 0.3) is 0 Å². The topological polar surface area (TPSA) is 61.5 Å². The molecular formula is C23H23NO3. The SMILES string of the molecule is CC(C)OC(=O)c1ccccc1OC(c1ccccc1)c1cccc(N)c1. The number of esters is 1. The van der Waals surface area contributed by atoms with E-state index in [2.05, 4.69) is 0 Å². The number of ether oxygens (including phenoxy) is 2. The monoisotopic (exact) mass is 361 g/mol. The molecular weight excluding hydrogens is 338 g/mol. The van der Waals surface area contributed by atoms with Crippen molar-refractivity contribution in [1.82, 2.24) is 0 Å². The summed E-state index contributed by atoms with van der Waals surface area (Å²) in [6, 6.07) is 24.5. The fourth-order valence-electron chi connectivity index (χ4n) is 2.82. The molecule has 3 rings (SSSR count). The van der Waals surface area contributed by atoms with Crippen molar-refractivity contribution in [3.05, 3.63) is 95.6 Å². The third-order valence-electron chi connectivity index (χ3n) is 4.01. The number of carbonyl (C=O) groups is 1. The highest BCUT2D eigenvalue weighted by atomic mass is 16.5. The smallest absolute Gasteiger partial charge is 0.342 e. The minimum absolute atomic E-state index is 0.204. The highest BCUT2D eigenvalue weighted by molar-refractivity contribution is 5.92. The van der Waals surface area contributed by atoms with Gasteiger partial charge in [-0.2, -0.15) is 0 Å². The normalized spacial score (nSPS) is 11.8. The largest absolute Gasteiger partial charge is 0.480 e. The van der Waals surface area contributed by atoms with Crippen LogP contribution in [-0.2, 0) is 4.74 Å². The summed E-state index contributed by atoms with van der Waals surface area (Å²) < 4.78 is 11.7. The van der Waals surface area contributed by atoms with Crippen LogP contribution in [0, 0.1) is 0 Å². The molecule has 0 spiro atoms. The van der Waals surface area contributed by atoms with E-state index in [0.29, 0.717) is 17.0 Å². The first kappa shape index (κ1) is 18.5. The zero-order valence-corrected chi connectivity index (χ0v) is 15.5. The van der Waals surface area contributed by atoms with Crippen molar-refractivity contribution in [2.45, 2.75) is 26.1 Å². The van der Waals surface area contributed by atoms with Gasteiger partial charge < -0.3 is 15.2 Å². The molecule has 4 heteroatoms. The number of carbonyl (C=O) groups excluding carboxylic acids is 1. The number of hydrogen-bond acceptors (Lipinski definition) is 4. The molecule has 0 saturated carbocycles. The van der Waals surface area contributed by atoms with E-state index in [1.807, 2.05) is 74.5 Å². The lowest BCUT2D eigenvalue weighted by Crippen LogP contribution is -2.15. The van der Waals surface area contributed by atoms with Crippen molar-refractivity contribution in [2.75, 3.05) is 5.73 Å². The molecule has 0 aliphatic rings. The van der Waals surface area contributed by atoms with Crippen molar-refractivity contribution in [2.24, 2.45) is 0 Å². The van der Waals surface area contributed by atoms with Crippen LogP contribution in [0.3, 0.4) is 0 Å². The molecule has 1 atom stereocenters. The van der Waals surface area contributed by atoms with Crippen molar-refractivity contribution in [3.63, 3.8) is 0 Å². The maximum atomic E-state index is 12.5. The predicted molar refractivity (Wildman–Crippen MR) is 107 cm³/mol. The molecule has 0 saturated heterocycles. The zero-order chi connectivity index (χ0) is 19.2. The van der Waals surface area contributed by atoms with Crippen LogP contribution in [0.1, 0.15) is 41.4 Å². The van der Waals surface area contributed by atoms with Gasteiger partial charge in [-0.25, -0.2) is 4.79 Å². The van der Waals surface area contributed by atoms with Gasteiger partial charge in [0.2, 0.25) is 0 Å². The summed E-state index contributed by atoms with van der Waals surface area (Å²) in [4.78, 5) is 12.5. The summed E-state index contributed by atoms with van der Waals surface area (Å²) in [5.41, 5.74) is 8.91. The van der Waals surface area contributed by atoms with Crippen LogP contribution in [0.15, 0.2) is 78.9 Å². The molecule has 0 aliphatic carbocycles. The molecule has 3 aromatic carbocycles. The Morgan fingerprint density at radius 3 is 2.22 bits per heavy atom. The number of nitrogen functional groups attached to an aromatic ring is 1. The minimum atomic E-state index is -0.403. The molecule has 3 aromatic rings. The molecule has 138 valence electrons. The van der Waals surface area contributed by atoms with Gasteiger partial charge in [-0.1, -0.05) is 54.6 Å². The zero-order valence-electron chi connectivity index (χ0n) is 15.5. The number of nitrogens with two attached hydrogens (primary N) is 1. The lowest BCUT2D eigenvalue weighted by atomic mass is 10.0. The molecule has 2 N–H and O–H groups in total. The lowest BCUT2D eigenvalue weighted by Gasteiger charge is -2.22. The van der Waals surface area contributed by atoms with Gasteiger partial charge in [0.05, 0.1) is 6.10 Å². The molecule has 0 bridgehead atoms. The second kappa shape index (κ2) is 8.41. The predicted octanol–water partition coefficient (Wildman–Crippen LogP) is 5.00. The molecule has 0 radical (unpaired) electrons. The second-order valence-electron chi connectivity index (χ2n) is 6.53. The van der Waals surface area contributed by atoms with Gasteiger partial charge >= 0.3 is 5.97 Å². The Labute approximate surface area is 159 Å². The average Bonchev–Trinajstić information content (AvgIpc) is 2.66.